The third-order valence-corrected chi connectivity index (χ3v) is 7.89. The van der Waals surface area contributed by atoms with Crippen LogP contribution in [-0.4, -0.2) is 57.7 Å². The Kier molecular flexibility index (Phi) is 8.43. The summed E-state index contributed by atoms with van der Waals surface area (Å²) in [6, 6.07) is 8.35. The highest BCUT2D eigenvalue weighted by atomic mass is 32.1. The summed E-state index contributed by atoms with van der Waals surface area (Å²) in [6.45, 7) is 0.286. The number of carbonyl (C=O) groups is 1. The Morgan fingerprint density at radius 1 is 1.23 bits per heavy atom. The number of amides is 1. The van der Waals surface area contributed by atoms with Crippen LogP contribution in [0.25, 0.3) is 0 Å². The van der Waals surface area contributed by atoms with E-state index in [1.165, 1.54) is 18.4 Å². The molecule has 1 saturated heterocycles. The smallest absolute Gasteiger partial charge is 0.282 e. The summed E-state index contributed by atoms with van der Waals surface area (Å²) in [5.41, 5.74) is 1.85. The lowest BCUT2D eigenvalue weighted by Crippen LogP contribution is -2.40. The number of hydrogen-bond acceptors (Lipinski definition) is 8. The number of halogens is 4. The van der Waals surface area contributed by atoms with Crippen molar-refractivity contribution in [2.75, 3.05) is 20.2 Å². The first-order chi connectivity index (χ1) is 19.3. The average Bonchev–Trinajstić information content (AvgIpc) is 3.72. The summed E-state index contributed by atoms with van der Waals surface area (Å²) in [4.78, 5) is 29.6. The van der Waals surface area contributed by atoms with Crippen LogP contribution in [0.1, 0.15) is 77.4 Å². The molecule has 9 nitrogen and oxygen atoms in total. The predicted octanol–water partition coefficient (Wildman–Crippen LogP) is 5.47. The molecule has 14 heteroatoms. The molecule has 0 spiro atoms. The lowest BCUT2D eigenvalue weighted by atomic mass is 9.97. The molecule has 1 aromatic carbocycles. The molecule has 0 saturated carbocycles. The number of nitrogens with zero attached hydrogens (tertiary/aromatic N) is 6. The first kappa shape index (κ1) is 27.7. The van der Waals surface area contributed by atoms with Gasteiger partial charge in [0.15, 0.2) is 6.10 Å². The highest BCUT2D eigenvalue weighted by molar-refractivity contribution is 7.10. The minimum absolute atomic E-state index is 0.124. The Morgan fingerprint density at radius 2 is 2.00 bits per heavy atom. The maximum Gasteiger partial charge on any atom is 0.282 e. The fourth-order valence-corrected chi connectivity index (χ4v) is 5.80. The number of alkyl halides is 4. The highest BCUT2D eigenvalue weighted by Crippen LogP contribution is 2.34. The van der Waals surface area contributed by atoms with Crippen molar-refractivity contribution in [3.8, 4) is 0 Å². The van der Waals surface area contributed by atoms with Gasteiger partial charge in [-0.25, -0.2) is 22.5 Å². The molecule has 2 aromatic heterocycles. The Balaban J connectivity index is 1.17. The first-order valence-corrected chi connectivity index (χ1v) is 13.5. The van der Waals surface area contributed by atoms with Crippen LogP contribution in [0.15, 0.2) is 46.0 Å². The number of thiazole rings is 1. The van der Waals surface area contributed by atoms with Crippen molar-refractivity contribution in [1.82, 2.24) is 19.7 Å². The monoisotopic (exact) mass is 578 g/mol. The van der Waals surface area contributed by atoms with Crippen LogP contribution in [0.4, 0.5) is 17.6 Å². The number of carbonyl (C=O) groups excluding carboxylic acids is 1. The normalized spacial score (nSPS) is 18.1. The van der Waals surface area contributed by atoms with Crippen molar-refractivity contribution in [1.29, 1.82) is 0 Å². The Morgan fingerprint density at radius 3 is 2.73 bits per heavy atom. The molecule has 0 radical (unpaired) electrons. The van der Waals surface area contributed by atoms with Crippen molar-refractivity contribution >= 4 is 29.2 Å². The molecule has 2 aliphatic rings. The van der Waals surface area contributed by atoms with Gasteiger partial charge in [0.2, 0.25) is 5.91 Å². The van der Waals surface area contributed by atoms with Gasteiger partial charge >= 0.3 is 0 Å². The SMILES string of the molecule is CO/N=C\c1ccccc1C1CC(c2csc(C3CCN(C(=O)Cn4nc(C(F)F)cc4C(F)F)CC3)n2)=NO1. The Labute approximate surface area is 231 Å². The summed E-state index contributed by atoms with van der Waals surface area (Å²) in [7, 11) is 1.48. The lowest BCUT2D eigenvalue weighted by molar-refractivity contribution is -0.133. The molecule has 1 atom stereocenters. The average molecular weight is 579 g/mol. The van der Waals surface area contributed by atoms with Gasteiger partial charge in [-0.05, 0) is 18.9 Å². The standard InChI is InChI=1S/C26H26F4N6O3S/c1-38-31-12-16-4-2-3-5-17(16)22-11-18(34-39-22)20-14-40-26(32-20)15-6-8-35(9-7-15)23(37)13-36-21(25(29)30)10-19(33-36)24(27)28/h2-5,10,12,14-15,22,24-25H,6-9,11,13H2,1H3/b31-12-. The van der Waals surface area contributed by atoms with E-state index < -0.39 is 36.7 Å². The number of piperidine rings is 1. The Bertz CT molecular complexity index is 1400. The van der Waals surface area contributed by atoms with Gasteiger partial charge in [-0.2, -0.15) is 5.10 Å². The molecule has 2 aliphatic heterocycles. The van der Waals surface area contributed by atoms with E-state index >= 15 is 0 Å². The molecule has 0 bridgehead atoms. The quantitative estimate of drug-likeness (QED) is 0.191. The molecule has 40 heavy (non-hydrogen) atoms. The number of benzene rings is 1. The molecule has 1 fully saturated rings. The lowest BCUT2D eigenvalue weighted by Gasteiger charge is -2.31. The summed E-state index contributed by atoms with van der Waals surface area (Å²) in [6.07, 6.45) is -2.82. The van der Waals surface area contributed by atoms with Crippen LogP contribution < -0.4 is 0 Å². The van der Waals surface area contributed by atoms with Crippen molar-refractivity contribution in [3.63, 3.8) is 0 Å². The molecule has 1 unspecified atom stereocenters. The van der Waals surface area contributed by atoms with E-state index in [-0.39, 0.29) is 12.0 Å². The van der Waals surface area contributed by atoms with Gasteiger partial charge in [0, 0.05) is 41.9 Å². The van der Waals surface area contributed by atoms with Gasteiger partial charge in [0.05, 0.1) is 16.9 Å². The second-order valence-corrected chi connectivity index (χ2v) is 10.3. The molecular formula is C26H26F4N6O3S. The zero-order chi connectivity index (χ0) is 28.2. The molecular weight excluding hydrogens is 552 g/mol. The van der Waals surface area contributed by atoms with Gasteiger partial charge in [-0.3, -0.25) is 9.48 Å². The molecule has 1 amide bonds. The van der Waals surface area contributed by atoms with Crippen molar-refractivity contribution in [2.45, 2.75) is 50.7 Å². The van der Waals surface area contributed by atoms with Crippen molar-refractivity contribution in [3.05, 3.63) is 68.9 Å². The number of oxime groups is 2. The van der Waals surface area contributed by atoms with E-state index in [0.29, 0.717) is 43.1 Å². The second kappa shape index (κ2) is 12.1. The van der Waals surface area contributed by atoms with E-state index in [2.05, 4.69) is 15.4 Å². The summed E-state index contributed by atoms with van der Waals surface area (Å²) >= 11 is 1.52. The van der Waals surface area contributed by atoms with Gasteiger partial charge < -0.3 is 14.6 Å². The van der Waals surface area contributed by atoms with Crippen LogP contribution in [-0.2, 0) is 21.0 Å². The summed E-state index contributed by atoms with van der Waals surface area (Å²) < 4.78 is 53.1. The topological polar surface area (TPSA) is 94.2 Å². The number of likely N-dealkylation sites (tertiary alicyclic amines) is 1. The van der Waals surface area contributed by atoms with Gasteiger partial charge in [0.1, 0.15) is 30.8 Å². The van der Waals surface area contributed by atoms with Gasteiger partial charge in [-0.1, -0.05) is 34.6 Å². The molecule has 3 aromatic rings. The minimum Gasteiger partial charge on any atom is -0.399 e. The van der Waals surface area contributed by atoms with E-state index in [1.54, 1.807) is 11.1 Å². The highest BCUT2D eigenvalue weighted by Gasteiger charge is 2.30. The fraction of sp³-hybridized carbons (Fsp3) is 0.423. The van der Waals surface area contributed by atoms with E-state index in [9.17, 15) is 22.4 Å². The van der Waals surface area contributed by atoms with Crippen LogP contribution in [0.3, 0.4) is 0 Å². The Hall–Kier alpha value is -3.81. The van der Waals surface area contributed by atoms with Gasteiger partial charge in [-0.15, -0.1) is 11.3 Å². The molecule has 0 N–H and O–H groups in total. The van der Waals surface area contributed by atoms with Crippen molar-refractivity contribution in [2.24, 2.45) is 10.3 Å². The third-order valence-electron chi connectivity index (χ3n) is 6.89. The number of rotatable bonds is 9. The maximum absolute atomic E-state index is 13.3. The first-order valence-electron chi connectivity index (χ1n) is 12.6. The largest absolute Gasteiger partial charge is 0.399 e. The molecule has 0 aliphatic carbocycles. The van der Waals surface area contributed by atoms with Gasteiger partial charge in [0.25, 0.3) is 12.9 Å². The third kappa shape index (κ3) is 6.01. The van der Waals surface area contributed by atoms with E-state index in [0.717, 1.165) is 27.5 Å². The fourth-order valence-electron chi connectivity index (χ4n) is 4.80. The minimum atomic E-state index is -3.01. The predicted molar refractivity (Wildman–Crippen MR) is 139 cm³/mol. The molecule has 5 rings (SSSR count). The number of aromatic nitrogens is 3. The maximum atomic E-state index is 13.3. The van der Waals surface area contributed by atoms with Crippen LogP contribution in [0.2, 0.25) is 0 Å². The zero-order valence-electron chi connectivity index (χ0n) is 21.4. The van der Waals surface area contributed by atoms with E-state index in [4.69, 9.17) is 14.7 Å². The van der Waals surface area contributed by atoms with E-state index in [1.807, 2.05) is 29.6 Å². The second-order valence-electron chi connectivity index (χ2n) is 9.36. The summed E-state index contributed by atoms with van der Waals surface area (Å²) in [5.74, 6) is -0.317. The summed E-state index contributed by atoms with van der Waals surface area (Å²) in [5, 5.41) is 14.5. The van der Waals surface area contributed by atoms with Crippen molar-refractivity contribution < 1.29 is 32.0 Å². The zero-order valence-corrected chi connectivity index (χ0v) is 22.2. The number of hydrogen-bond donors (Lipinski definition) is 0. The van der Waals surface area contributed by atoms with Crippen LogP contribution in [0.5, 0.6) is 0 Å². The molecule has 4 heterocycles. The van der Waals surface area contributed by atoms with Crippen LogP contribution >= 0.6 is 11.3 Å². The van der Waals surface area contributed by atoms with Crippen LogP contribution in [0, 0.1) is 0 Å². The molecule has 212 valence electrons.